The zero-order chi connectivity index (χ0) is 36.9. The van der Waals surface area contributed by atoms with Gasteiger partial charge in [0.15, 0.2) is 17.4 Å². The summed E-state index contributed by atoms with van der Waals surface area (Å²) in [6, 6.07) is 10.4. The van der Waals surface area contributed by atoms with Crippen LogP contribution in [0.15, 0.2) is 66.4 Å². The minimum absolute atomic E-state index is 0.0827. The van der Waals surface area contributed by atoms with E-state index < -0.39 is 92.4 Å². The van der Waals surface area contributed by atoms with Crippen molar-refractivity contribution in [1.29, 1.82) is 0 Å². The molecule has 4 amide bonds. The van der Waals surface area contributed by atoms with Gasteiger partial charge >= 0.3 is 6.18 Å². The highest BCUT2D eigenvalue weighted by atomic mass is 35.5. The largest absolute Gasteiger partial charge is 0.505 e. The van der Waals surface area contributed by atoms with Gasteiger partial charge in [-0.25, -0.2) is 9.37 Å². The van der Waals surface area contributed by atoms with Crippen molar-refractivity contribution in [3.63, 3.8) is 0 Å². The Morgan fingerprint density at radius 3 is 2.24 bits per heavy atom. The van der Waals surface area contributed by atoms with Gasteiger partial charge in [-0.1, -0.05) is 53.1 Å². The zero-order valence-corrected chi connectivity index (χ0v) is 28.8. The number of amides is 4. The lowest BCUT2D eigenvalue weighted by molar-refractivity contribution is -0.146. The molecule has 266 valence electrons. The number of aromatic nitrogens is 1. The summed E-state index contributed by atoms with van der Waals surface area (Å²) >= 11 is 12.4. The molecule has 2 N–H and O–H groups in total. The summed E-state index contributed by atoms with van der Waals surface area (Å²) in [6.45, 7) is 5.23. The van der Waals surface area contributed by atoms with Crippen LogP contribution in [0.2, 0.25) is 10.0 Å². The fourth-order valence-corrected chi connectivity index (χ4v) is 8.86. The summed E-state index contributed by atoms with van der Waals surface area (Å²) in [5.74, 6) is -9.21. The number of allylic oxidation sites excluding steroid dienone is 2. The van der Waals surface area contributed by atoms with Gasteiger partial charge in [-0.15, -0.1) is 0 Å². The molecule has 4 aliphatic rings. The average molecular weight is 746 g/mol. The van der Waals surface area contributed by atoms with Gasteiger partial charge < -0.3 is 5.11 Å². The Hall–Kier alpha value is -4.49. The van der Waals surface area contributed by atoms with E-state index in [2.05, 4.69) is 10.4 Å². The average Bonchev–Trinajstić information content (AvgIpc) is 3.44. The second kappa shape index (κ2) is 11.8. The van der Waals surface area contributed by atoms with Gasteiger partial charge in [0.05, 0.1) is 33.8 Å². The van der Waals surface area contributed by atoms with E-state index in [4.69, 9.17) is 23.2 Å². The molecule has 6 atom stereocenters. The number of anilines is 1. The number of phenols is 1. The molecule has 3 fully saturated rings. The third-order valence-corrected chi connectivity index (χ3v) is 11.1. The molecule has 51 heavy (non-hydrogen) atoms. The van der Waals surface area contributed by atoms with Crippen LogP contribution in [0.3, 0.4) is 0 Å². The number of rotatable bonds is 4. The lowest BCUT2D eigenvalue weighted by Gasteiger charge is -2.50. The quantitative estimate of drug-likeness (QED) is 0.167. The first-order valence-electron chi connectivity index (χ1n) is 16.1. The molecule has 7 rings (SSSR count). The molecule has 3 heterocycles. The topological polar surface area (TPSA) is 120 Å². The number of nitrogens with zero attached hydrogens (tertiary/aromatic N) is 3. The maximum Gasteiger partial charge on any atom is 0.417 e. The van der Waals surface area contributed by atoms with Crippen LogP contribution in [0, 0.1) is 29.5 Å². The molecule has 3 aromatic rings. The molecule has 2 saturated heterocycles. The molecule has 2 aliphatic carbocycles. The summed E-state index contributed by atoms with van der Waals surface area (Å²) in [5.41, 5.74) is -0.219. The first-order valence-corrected chi connectivity index (χ1v) is 16.8. The summed E-state index contributed by atoms with van der Waals surface area (Å²) in [4.78, 5) is 62.6. The summed E-state index contributed by atoms with van der Waals surface area (Å²) in [5, 5.41) is 10.6. The summed E-state index contributed by atoms with van der Waals surface area (Å²) < 4.78 is 55.4. The lowest BCUT2D eigenvalue weighted by atomic mass is 9.49. The molecule has 2 aliphatic heterocycles. The molecule has 0 radical (unpaired) electrons. The Morgan fingerprint density at radius 1 is 0.941 bits per heavy atom. The molecule has 1 saturated carbocycles. The number of imide groups is 2. The predicted molar refractivity (Wildman–Crippen MR) is 177 cm³/mol. The zero-order valence-electron chi connectivity index (χ0n) is 27.3. The molecule has 0 bridgehead atoms. The fraction of sp³-hybridized carbons (Fsp3) is 0.361. The van der Waals surface area contributed by atoms with Crippen LogP contribution in [0.4, 0.5) is 23.4 Å². The third kappa shape index (κ3) is 5.22. The van der Waals surface area contributed by atoms with Crippen LogP contribution in [-0.2, 0) is 30.8 Å². The number of likely N-dealkylation sites (tertiary alicyclic amines) is 1. The van der Waals surface area contributed by atoms with E-state index in [9.17, 15) is 32.7 Å². The first kappa shape index (κ1) is 34.9. The number of carbonyl (C=O) groups is 4. The number of hydrogen-bond acceptors (Lipinski definition) is 7. The van der Waals surface area contributed by atoms with E-state index in [1.165, 1.54) is 23.1 Å². The van der Waals surface area contributed by atoms with Crippen molar-refractivity contribution < 1.29 is 41.8 Å². The Morgan fingerprint density at radius 2 is 1.63 bits per heavy atom. The van der Waals surface area contributed by atoms with Gasteiger partial charge in [0.2, 0.25) is 11.8 Å². The fourth-order valence-electron chi connectivity index (χ4n) is 8.52. The normalized spacial score (nSPS) is 27.7. The molecule has 9 nitrogen and oxygen atoms in total. The molecular weight excluding hydrogens is 715 g/mol. The second-order valence-corrected chi connectivity index (χ2v) is 15.2. The van der Waals surface area contributed by atoms with Gasteiger partial charge in [-0.05, 0) is 81.0 Å². The smallest absolute Gasteiger partial charge is 0.417 e. The van der Waals surface area contributed by atoms with Crippen molar-refractivity contribution in [2.45, 2.75) is 56.7 Å². The number of benzene rings is 2. The molecule has 15 heteroatoms. The number of phenolic OH excluding ortho intramolecular Hbond substituents is 1. The van der Waals surface area contributed by atoms with E-state index in [-0.39, 0.29) is 24.3 Å². The van der Waals surface area contributed by atoms with Crippen LogP contribution >= 0.6 is 23.2 Å². The highest BCUT2D eigenvalue weighted by Crippen LogP contribution is 2.64. The number of hydrazine groups is 1. The second-order valence-electron chi connectivity index (χ2n) is 14.3. The molecule has 6 unspecified atom stereocenters. The SMILES string of the molecule is CC(C)(C)N1C(=O)C2CC=C3C(CC4C(=O)N(Nc5ncc(C(F)(F)F)cc5Cl)C(=O)C4(c4ccc(Cl)cc4)C3c3ccc(O)c(F)c3)C2C1=O. The number of hydrogen-bond donors (Lipinski definition) is 2. The van der Waals surface area contributed by atoms with Crippen LogP contribution in [0.25, 0.3) is 0 Å². The van der Waals surface area contributed by atoms with E-state index in [1.807, 2.05) is 0 Å². The highest BCUT2D eigenvalue weighted by Gasteiger charge is 2.70. The van der Waals surface area contributed by atoms with Crippen molar-refractivity contribution in [3.05, 3.63) is 98.9 Å². The van der Waals surface area contributed by atoms with Crippen molar-refractivity contribution in [1.82, 2.24) is 14.9 Å². The molecular formula is C36H30Cl2F4N4O5. The predicted octanol–water partition coefficient (Wildman–Crippen LogP) is 7.04. The number of aromatic hydroxyl groups is 1. The standard InChI is InChI=1S/C36H30Cl2F4N4O5/c1-34(2,3)45-30(48)21-10-9-20-22(27(21)32(45)50)14-23-31(49)46(44-29-24(38)13-18(15-43-29)36(40,41)42)33(51)35(23,17-5-7-19(37)8-6-17)28(20)16-4-11-26(47)25(39)12-16/h4-9,11-13,15,21-23,27-28,47H,10,14H2,1-3H3,(H,43,44). The molecule has 2 aromatic carbocycles. The van der Waals surface area contributed by atoms with Crippen molar-refractivity contribution in [3.8, 4) is 5.75 Å². The van der Waals surface area contributed by atoms with Crippen LogP contribution in [-0.4, -0.2) is 49.2 Å². The van der Waals surface area contributed by atoms with Crippen molar-refractivity contribution in [2.75, 3.05) is 5.43 Å². The number of carbonyl (C=O) groups excluding carboxylic acids is 4. The minimum Gasteiger partial charge on any atom is -0.505 e. The maximum absolute atomic E-state index is 15.2. The number of fused-ring (bicyclic) bond motifs is 4. The van der Waals surface area contributed by atoms with Crippen LogP contribution in [0.5, 0.6) is 5.75 Å². The first-order chi connectivity index (χ1) is 23.9. The van der Waals surface area contributed by atoms with Crippen molar-refractivity contribution >= 4 is 52.6 Å². The van der Waals surface area contributed by atoms with Gasteiger partial charge in [-0.2, -0.15) is 18.2 Å². The monoisotopic (exact) mass is 744 g/mol. The number of nitrogens with one attached hydrogen (secondary N) is 1. The Labute approximate surface area is 299 Å². The van der Waals surface area contributed by atoms with Gasteiger partial charge in [0.1, 0.15) is 0 Å². The van der Waals surface area contributed by atoms with Gasteiger partial charge in [-0.3, -0.25) is 29.5 Å². The van der Waals surface area contributed by atoms with Crippen LogP contribution < -0.4 is 5.43 Å². The summed E-state index contributed by atoms with van der Waals surface area (Å²) in [6.07, 6.45) is -2.42. The highest BCUT2D eigenvalue weighted by molar-refractivity contribution is 6.33. The number of halogens is 6. The molecule has 1 aromatic heterocycles. The third-order valence-electron chi connectivity index (χ3n) is 10.5. The van der Waals surface area contributed by atoms with Crippen molar-refractivity contribution in [2.24, 2.45) is 23.7 Å². The van der Waals surface area contributed by atoms with E-state index in [1.54, 1.807) is 39.0 Å². The van der Waals surface area contributed by atoms with Gasteiger partial charge in [0.25, 0.3) is 11.8 Å². The van der Waals surface area contributed by atoms with E-state index in [0.717, 1.165) is 12.1 Å². The Kier molecular flexibility index (Phi) is 8.07. The van der Waals surface area contributed by atoms with E-state index >= 15 is 9.18 Å². The minimum atomic E-state index is -4.77. The lowest BCUT2D eigenvalue weighted by Crippen LogP contribution is -2.53. The summed E-state index contributed by atoms with van der Waals surface area (Å²) in [7, 11) is 0. The Balaban J connectivity index is 1.44. The Bertz CT molecular complexity index is 2050. The van der Waals surface area contributed by atoms with E-state index in [0.29, 0.717) is 33.4 Å². The number of pyridine rings is 1. The van der Waals surface area contributed by atoms with Crippen LogP contribution in [0.1, 0.15) is 56.2 Å². The number of alkyl halides is 3. The van der Waals surface area contributed by atoms with Gasteiger partial charge in [0, 0.05) is 22.7 Å². The molecule has 0 spiro atoms. The maximum atomic E-state index is 15.2.